The van der Waals surface area contributed by atoms with Gasteiger partial charge in [0.1, 0.15) is 0 Å². The summed E-state index contributed by atoms with van der Waals surface area (Å²) < 4.78 is 5.12. The number of rotatable bonds is 2. The van der Waals surface area contributed by atoms with Crippen LogP contribution in [0.3, 0.4) is 0 Å². The topological polar surface area (TPSA) is 33.6 Å². The van der Waals surface area contributed by atoms with E-state index >= 15 is 0 Å². The Morgan fingerprint density at radius 2 is 2.67 bits per heavy atom. The van der Waals surface area contributed by atoms with Crippen LogP contribution in [0.2, 0.25) is 0 Å². The molecule has 0 radical (unpaired) electrons. The van der Waals surface area contributed by atoms with E-state index in [4.69, 9.17) is 4.74 Å². The van der Waals surface area contributed by atoms with Crippen LogP contribution in [0.15, 0.2) is 17.3 Å². The lowest BCUT2D eigenvalue weighted by molar-refractivity contribution is 0.0546. The molecule has 1 N–H and O–H groups in total. The highest BCUT2D eigenvalue weighted by molar-refractivity contribution is 5.71. The van der Waals surface area contributed by atoms with Gasteiger partial charge in [0.25, 0.3) is 0 Å². The van der Waals surface area contributed by atoms with Gasteiger partial charge in [0, 0.05) is 19.0 Å². The Labute approximate surface area is 54.4 Å². The summed E-state index contributed by atoms with van der Waals surface area (Å²) in [5.74, 6) is 0. The lowest BCUT2D eigenvalue weighted by atomic mass is 10.6. The second kappa shape index (κ2) is 3.25. The molecule has 3 nitrogen and oxygen atoms in total. The molecule has 0 aromatic carbocycles. The molecule has 0 saturated heterocycles. The minimum absolute atomic E-state index is 0.167. The first kappa shape index (κ1) is 6.29. The molecule has 9 heavy (non-hydrogen) atoms. The van der Waals surface area contributed by atoms with Crippen molar-refractivity contribution in [3.63, 3.8) is 0 Å². The van der Waals surface area contributed by atoms with Crippen LogP contribution in [0.1, 0.15) is 6.92 Å². The van der Waals surface area contributed by atoms with Crippen LogP contribution >= 0.6 is 0 Å². The quantitative estimate of drug-likeness (QED) is 0.584. The first-order valence-electron chi connectivity index (χ1n) is 2.99. The van der Waals surface area contributed by atoms with Crippen LogP contribution in [0.25, 0.3) is 0 Å². The molecule has 0 amide bonds. The van der Waals surface area contributed by atoms with Crippen molar-refractivity contribution >= 4 is 6.21 Å². The fourth-order valence-electron chi connectivity index (χ4n) is 0.601. The van der Waals surface area contributed by atoms with Gasteiger partial charge in [-0.25, -0.2) is 4.99 Å². The van der Waals surface area contributed by atoms with Crippen LogP contribution in [0.5, 0.6) is 0 Å². The normalized spacial score (nSPS) is 23.9. The average molecular weight is 126 g/mol. The Bertz CT molecular complexity index is 131. The van der Waals surface area contributed by atoms with Gasteiger partial charge in [-0.1, -0.05) is 0 Å². The standard InChI is InChI=1S/C6H10N2O/c1-2-9-6-7-4-3-5-8-6/h3-7H,2H2,1H3. The Kier molecular flexibility index (Phi) is 2.27. The fraction of sp³-hybridized carbons (Fsp3) is 0.500. The molecule has 0 aromatic rings. The van der Waals surface area contributed by atoms with E-state index in [1.807, 2.05) is 19.2 Å². The number of nitrogens with one attached hydrogen (secondary N) is 1. The van der Waals surface area contributed by atoms with E-state index in [1.165, 1.54) is 0 Å². The van der Waals surface area contributed by atoms with E-state index in [2.05, 4.69) is 10.3 Å². The molecule has 1 unspecified atom stereocenters. The van der Waals surface area contributed by atoms with Crippen molar-refractivity contribution in [3.05, 3.63) is 12.3 Å². The number of nitrogens with zero attached hydrogens (tertiary/aromatic N) is 1. The highest BCUT2D eigenvalue weighted by Crippen LogP contribution is 1.91. The summed E-state index contributed by atoms with van der Waals surface area (Å²) in [6.45, 7) is 2.62. The molecule has 0 bridgehead atoms. The molecule has 0 saturated carbocycles. The molecule has 0 fully saturated rings. The van der Waals surface area contributed by atoms with Crippen molar-refractivity contribution in [3.8, 4) is 0 Å². The molecule has 1 aliphatic heterocycles. The first-order valence-corrected chi connectivity index (χ1v) is 2.99. The van der Waals surface area contributed by atoms with Gasteiger partial charge in [-0.3, -0.25) is 0 Å². The number of hydrogen-bond acceptors (Lipinski definition) is 3. The maximum Gasteiger partial charge on any atom is 0.225 e. The van der Waals surface area contributed by atoms with E-state index in [0.717, 1.165) is 0 Å². The monoisotopic (exact) mass is 126 g/mol. The minimum atomic E-state index is -0.167. The molecular formula is C6H10N2O. The number of ether oxygens (including phenoxy) is 1. The maximum absolute atomic E-state index is 5.12. The Hall–Kier alpha value is -0.830. The Morgan fingerprint density at radius 1 is 1.78 bits per heavy atom. The largest absolute Gasteiger partial charge is 0.348 e. The lowest BCUT2D eigenvalue weighted by Gasteiger charge is -2.13. The summed E-state index contributed by atoms with van der Waals surface area (Å²) in [6.07, 6.45) is 5.19. The second-order valence-corrected chi connectivity index (χ2v) is 1.63. The van der Waals surface area contributed by atoms with Gasteiger partial charge in [-0.2, -0.15) is 0 Å². The second-order valence-electron chi connectivity index (χ2n) is 1.63. The zero-order valence-electron chi connectivity index (χ0n) is 5.37. The van der Waals surface area contributed by atoms with Gasteiger partial charge in [0.05, 0.1) is 0 Å². The van der Waals surface area contributed by atoms with Crippen molar-refractivity contribution in [1.29, 1.82) is 0 Å². The van der Waals surface area contributed by atoms with E-state index in [0.29, 0.717) is 6.61 Å². The molecule has 1 aliphatic rings. The van der Waals surface area contributed by atoms with Gasteiger partial charge < -0.3 is 10.1 Å². The predicted molar refractivity (Wildman–Crippen MR) is 36.2 cm³/mol. The summed E-state index contributed by atoms with van der Waals surface area (Å²) in [4.78, 5) is 3.97. The Balaban J connectivity index is 2.28. The van der Waals surface area contributed by atoms with E-state index in [9.17, 15) is 0 Å². The van der Waals surface area contributed by atoms with Gasteiger partial charge in [0.15, 0.2) is 0 Å². The number of aliphatic imine (C=N–C) groups is 1. The zero-order chi connectivity index (χ0) is 6.53. The minimum Gasteiger partial charge on any atom is -0.348 e. The van der Waals surface area contributed by atoms with Gasteiger partial charge in [-0.15, -0.1) is 0 Å². The molecular weight excluding hydrogens is 116 g/mol. The van der Waals surface area contributed by atoms with Crippen molar-refractivity contribution in [2.45, 2.75) is 13.3 Å². The fourth-order valence-corrected chi connectivity index (χ4v) is 0.601. The highest BCUT2D eigenvalue weighted by Gasteiger charge is 2.00. The zero-order valence-corrected chi connectivity index (χ0v) is 5.37. The third-order valence-electron chi connectivity index (χ3n) is 0.967. The van der Waals surface area contributed by atoms with Crippen LogP contribution in [-0.4, -0.2) is 19.2 Å². The van der Waals surface area contributed by atoms with Gasteiger partial charge >= 0.3 is 0 Å². The van der Waals surface area contributed by atoms with E-state index in [1.54, 1.807) is 6.21 Å². The summed E-state index contributed by atoms with van der Waals surface area (Å²) in [5.41, 5.74) is 0. The van der Waals surface area contributed by atoms with E-state index < -0.39 is 0 Å². The smallest absolute Gasteiger partial charge is 0.225 e. The van der Waals surface area contributed by atoms with Crippen molar-refractivity contribution in [2.75, 3.05) is 6.61 Å². The molecule has 0 spiro atoms. The van der Waals surface area contributed by atoms with Crippen LogP contribution < -0.4 is 5.32 Å². The van der Waals surface area contributed by atoms with Crippen molar-refractivity contribution in [2.24, 2.45) is 4.99 Å². The summed E-state index contributed by atoms with van der Waals surface area (Å²) in [6, 6.07) is 0. The van der Waals surface area contributed by atoms with Crippen LogP contribution in [0, 0.1) is 0 Å². The number of hydrogen-bond donors (Lipinski definition) is 1. The van der Waals surface area contributed by atoms with Crippen molar-refractivity contribution in [1.82, 2.24) is 5.32 Å². The molecule has 1 atom stereocenters. The van der Waals surface area contributed by atoms with Gasteiger partial charge in [-0.05, 0) is 13.0 Å². The molecule has 3 heteroatoms. The average Bonchev–Trinajstić information content (AvgIpc) is 1.91. The van der Waals surface area contributed by atoms with Gasteiger partial charge in [0.2, 0.25) is 6.35 Å². The predicted octanol–water partition coefficient (Wildman–Crippen LogP) is 0.494. The van der Waals surface area contributed by atoms with Crippen LogP contribution in [0.4, 0.5) is 0 Å². The first-order chi connectivity index (χ1) is 4.43. The third kappa shape index (κ3) is 1.85. The number of allylic oxidation sites excluding steroid dienone is 1. The van der Waals surface area contributed by atoms with Crippen molar-refractivity contribution < 1.29 is 4.74 Å². The molecule has 0 aliphatic carbocycles. The summed E-state index contributed by atoms with van der Waals surface area (Å²) in [7, 11) is 0. The molecule has 50 valence electrons. The Morgan fingerprint density at radius 3 is 3.22 bits per heavy atom. The maximum atomic E-state index is 5.12. The van der Waals surface area contributed by atoms with Crippen LogP contribution in [-0.2, 0) is 4.74 Å². The third-order valence-corrected chi connectivity index (χ3v) is 0.967. The lowest BCUT2D eigenvalue weighted by Crippen LogP contribution is -2.27. The molecule has 1 heterocycles. The summed E-state index contributed by atoms with van der Waals surface area (Å²) >= 11 is 0. The SMILES string of the molecule is CCOC1N=CC=CN1. The molecule has 0 aromatic heterocycles. The van der Waals surface area contributed by atoms with E-state index in [-0.39, 0.29) is 6.35 Å². The molecule has 1 rings (SSSR count). The summed E-state index contributed by atoms with van der Waals surface area (Å²) in [5, 5.41) is 2.92. The highest BCUT2D eigenvalue weighted by atomic mass is 16.5.